The molecule has 0 aliphatic heterocycles. The van der Waals surface area contributed by atoms with Gasteiger partial charge in [-0.2, -0.15) is 0 Å². The van der Waals surface area contributed by atoms with E-state index in [1.807, 2.05) is 0 Å². The van der Waals surface area contributed by atoms with Crippen molar-refractivity contribution in [1.29, 1.82) is 0 Å². The van der Waals surface area contributed by atoms with Crippen LogP contribution in [0.15, 0.2) is 18.2 Å². The number of anilines is 2. The highest BCUT2D eigenvalue weighted by Crippen LogP contribution is 2.29. The first-order valence-corrected chi connectivity index (χ1v) is 6.44. The lowest BCUT2D eigenvalue weighted by Gasteiger charge is -2.27. The van der Waals surface area contributed by atoms with E-state index in [9.17, 15) is 4.39 Å². The summed E-state index contributed by atoms with van der Waals surface area (Å²) in [5.74, 6) is 1.28. The van der Waals surface area contributed by atoms with Crippen molar-refractivity contribution in [2.45, 2.75) is 32.6 Å². The van der Waals surface area contributed by atoms with Gasteiger partial charge < -0.3 is 11.1 Å². The highest BCUT2D eigenvalue weighted by molar-refractivity contribution is 5.65. The molecule has 0 radical (unpaired) electrons. The van der Waals surface area contributed by atoms with Gasteiger partial charge in [-0.05, 0) is 42.9 Å². The Bertz CT molecular complexity index is 378. The summed E-state index contributed by atoms with van der Waals surface area (Å²) in [6.45, 7) is 3.26. The van der Waals surface area contributed by atoms with Crippen molar-refractivity contribution < 1.29 is 4.39 Å². The Morgan fingerprint density at radius 3 is 2.94 bits per heavy atom. The van der Waals surface area contributed by atoms with Crippen LogP contribution >= 0.6 is 0 Å². The van der Waals surface area contributed by atoms with E-state index in [2.05, 4.69) is 12.2 Å². The van der Waals surface area contributed by atoms with Crippen molar-refractivity contribution in [3.63, 3.8) is 0 Å². The first-order valence-electron chi connectivity index (χ1n) is 6.44. The van der Waals surface area contributed by atoms with Crippen LogP contribution in [-0.4, -0.2) is 6.54 Å². The van der Waals surface area contributed by atoms with E-state index in [1.54, 1.807) is 6.07 Å². The molecule has 0 heterocycles. The maximum Gasteiger partial charge on any atom is 0.125 e. The number of hydrogen-bond acceptors (Lipinski definition) is 2. The molecule has 1 fully saturated rings. The molecule has 1 aromatic rings. The molecule has 3 N–H and O–H groups in total. The number of nitrogens with one attached hydrogen (secondary N) is 1. The van der Waals surface area contributed by atoms with Gasteiger partial charge in [0.05, 0.1) is 11.4 Å². The SMILES string of the molecule is CC1CCCC(CNc2ccc(F)cc2N)C1. The van der Waals surface area contributed by atoms with E-state index < -0.39 is 0 Å². The van der Waals surface area contributed by atoms with Crippen LogP contribution in [0.2, 0.25) is 0 Å². The van der Waals surface area contributed by atoms with Gasteiger partial charge in [0, 0.05) is 6.54 Å². The number of rotatable bonds is 3. The van der Waals surface area contributed by atoms with E-state index in [0.717, 1.165) is 24.1 Å². The summed E-state index contributed by atoms with van der Waals surface area (Å²) >= 11 is 0. The first kappa shape index (κ1) is 12.2. The monoisotopic (exact) mass is 236 g/mol. The van der Waals surface area contributed by atoms with Crippen LogP contribution in [0.25, 0.3) is 0 Å². The molecule has 2 atom stereocenters. The van der Waals surface area contributed by atoms with Gasteiger partial charge in [0.15, 0.2) is 0 Å². The number of nitrogen functional groups attached to an aromatic ring is 1. The molecule has 0 spiro atoms. The van der Waals surface area contributed by atoms with Gasteiger partial charge in [-0.15, -0.1) is 0 Å². The summed E-state index contributed by atoms with van der Waals surface area (Å²) in [6.07, 6.45) is 5.26. The van der Waals surface area contributed by atoms with Gasteiger partial charge in [0.1, 0.15) is 5.82 Å². The van der Waals surface area contributed by atoms with Crippen molar-refractivity contribution in [2.75, 3.05) is 17.6 Å². The molecule has 0 amide bonds. The van der Waals surface area contributed by atoms with Crippen LogP contribution in [0.5, 0.6) is 0 Å². The van der Waals surface area contributed by atoms with Crippen molar-refractivity contribution in [3.8, 4) is 0 Å². The molecule has 2 nitrogen and oxygen atoms in total. The summed E-state index contributed by atoms with van der Waals surface area (Å²) in [5, 5.41) is 3.34. The second kappa shape index (κ2) is 5.39. The Labute approximate surface area is 102 Å². The second-order valence-corrected chi connectivity index (χ2v) is 5.25. The Kier molecular flexibility index (Phi) is 3.87. The number of benzene rings is 1. The van der Waals surface area contributed by atoms with Crippen LogP contribution in [0.3, 0.4) is 0 Å². The van der Waals surface area contributed by atoms with E-state index in [0.29, 0.717) is 5.69 Å². The first-order chi connectivity index (χ1) is 8.15. The van der Waals surface area contributed by atoms with Crippen LogP contribution in [0.1, 0.15) is 32.6 Å². The molecule has 3 heteroatoms. The molecular formula is C14H21FN2. The smallest absolute Gasteiger partial charge is 0.125 e. The minimum Gasteiger partial charge on any atom is -0.397 e. The van der Waals surface area contributed by atoms with Crippen molar-refractivity contribution in [3.05, 3.63) is 24.0 Å². The second-order valence-electron chi connectivity index (χ2n) is 5.25. The van der Waals surface area contributed by atoms with E-state index in [1.165, 1.54) is 37.8 Å². The number of nitrogens with two attached hydrogens (primary N) is 1. The Hall–Kier alpha value is -1.25. The zero-order valence-corrected chi connectivity index (χ0v) is 10.4. The van der Waals surface area contributed by atoms with E-state index >= 15 is 0 Å². The van der Waals surface area contributed by atoms with Crippen LogP contribution < -0.4 is 11.1 Å². The van der Waals surface area contributed by atoms with Crippen LogP contribution in [0, 0.1) is 17.7 Å². The number of halogens is 1. The quantitative estimate of drug-likeness (QED) is 0.786. The molecule has 0 aromatic heterocycles. The maximum atomic E-state index is 12.9. The van der Waals surface area contributed by atoms with Gasteiger partial charge in [0.2, 0.25) is 0 Å². The molecule has 1 aliphatic carbocycles. The molecule has 1 saturated carbocycles. The third-order valence-corrected chi connectivity index (χ3v) is 3.64. The average molecular weight is 236 g/mol. The highest BCUT2D eigenvalue weighted by Gasteiger charge is 2.18. The molecule has 94 valence electrons. The van der Waals surface area contributed by atoms with Crippen LogP contribution in [-0.2, 0) is 0 Å². The van der Waals surface area contributed by atoms with Gasteiger partial charge in [-0.1, -0.05) is 19.8 Å². The lowest BCUT2D eigenvalue weighted by atomic mass is 9.82. The zero-order valence-electron chi connectivity index (χ0n) is 10.4. The predicted octanol–water partition coefficient (Wildman–Crippen LogP) is 3.65. The molecule has 0 bridgehead atoms. The summed E-state index contributed by atoms with van der Waals surface area (Å²) in [7, 11) is 0. The zero-order chi connectivity index (χ0) is 12.3. The molecule has 1 aromatic carbocycles. The summed E-state index contributed by atoms with van der Waals surface area (Å²) in [6, 6.07) is 4.53. The Morgan fingerprint density at radius 1 is 1.41 bits per heavy atom. The summed E-state index contributed by atoms with van der Waals surface area (Å²) in [5.41, 5.74) is 7.11. The fourth-order valence-corrected chi connectivity index (χ4v) is 2.69. The van der Waals surface area contributed by atoms with Crippen LogP contribution in [0.4, 0.5) is 15.8 Å². The topological polar surface area (TPSA) is 38.0 Å². The summed E-state index contributed by atoms with van der Waals surface area (Å²) in [4.78, 5) is 0. The minimum atomic E-state index is -0.278. The van der Waals surface area contributed by atoms with Crippen molar-refractivity contribution >= 4 is 11.4 Å². The van der Waals surface area contributed by atoms with Gasteiger partial charge in [-0.25, -0.2) is 4.39 Å². The van der Waals surface area contributed by atoms with Crippen molar-refractivity contribution in [1.82, 2.24) is 0 Å². The van der Waals surface area contributed by atoms with Gasteiger partial charge >= 0.3 is 0 Å². The molecule has 0 saturated heterocycles. The highest BCUT2D eigenvalue weighted by atomic mass is 19.1. The van der Waals surface area contributed by atoms with Crippen molar-refractivity contribution in [2.24, 2.45) is 11.8 Å². The maximum absolute atomic E-state index is 12.9. The third kappa shape index (κ3) is 3.35. The van der Waals surface area contributed by atoms with Gasteiger partial charge in [-0.3, -0.25) is 0 Å². The Morgan fingerprint density at radius 2 is 2.24 bits per heavy atom. The normalized spacial score (nSPS) is 24.6. The van der Waals surface area contributed by atoms with E-state index in [-0.39, 0.29) is 5.82 Å². The molecule has 1 aliphatic rings. The lowest BCUT2D eigenvalue weighted by Crippen LogP contribution is -2.21. The predicted molar refractivity (Wildman–Crippen MR) is 70.4 cm³/mol. The van der Waals surface area contributed by atoms with E-state index in [4.69, 9.17) is 5.73 Å². The summed E-state index contributed by atoms with van der Waals surface area (Å²) < 4.78 is 12.9. The number of hydrogen-bond donors (Lipinski definition) is 2. The molecule has 2 rings (SSSR count). The van der Waals surface area contributed by atoms with Gasteiger partial charge in [0.25, 0.3) is 0 Å². The fourth-order valence-electron chi connectivity index (χ4n) is 2.69. The standard InChI is InChI=1S/C14H21FN2/c1-10-3-2-4-11(7-10)9-17-14-6-5-12(15)8-13(14)16/h5-6,8,10-11,17H,2-4,7,9,16H2,1H3. The largest absolute Gasteiger partial charge is 0.397 e. The fraction of sp³-hybridized carbons (Fsp3) is 0.571. The molecule has 2 unspecified atom stereocenters. The minimum absolute atomic E-state index is 0.278. The molecular weight excluding hydrogens is 215 g/mol. The Balaban J connectivity index is 1.88. The molecule has 17 heavy (non-hydrogen) atoms. The third-order valence-electron chi connectivity index (χ3n) is 3.64. The average Bonchev–Trinajstić information content (AvgIpc) is 2.28. The lowest BCUT2D eigenvalue weighted by molar-refractivity contribution is 0.293.